The van der Waals surface area contributed by atoms with Crippen LogP contribution in [0.1, 0.15) is 44.8 Å². The zero-order chi connectivity index (χ0) is 21.1. The second-order valence-electron chi connectivity index (χ2n) is 7.29. The molecule has 5 nitrogen and oxygen atoms in total. The molecule has 0 saturated heterocycles. The first-order chi connectivity index (χ1) is 14.5. The Bertz CT molecular complexity index is 1190. The Kier molecular flexibility index (Phi) is 5.35. The molecule has 0 aliphatic rings. The molecular formula is C25H22N2O3. The lowest BCUT2D eigenvalue weighted by Crippen LogP contribution is -2.27. The summed E-state index contributed by atoms with van der Waals surface area (Å²) in [6, 6.07) is 24.2. The molecule has 150 valence electrons. The molecule has 1 amide bonds. The predicted molar refractivity (Wildman–Crippen MR) is 117 cm³/mol. The van der Waals surface area contributed by atoms with Crippen LogP contribution >= 0.6 is 0 Å². The van der Waals surface area contributed by atoms with Gasteiger partial charge >= 0.3 is 5.97 Å². The van der Waals surface area contributed by atoms with Crippen LogP contribution in [-0.2, 0) is 6.54 Å². The highest BCUT2D eigenvalue weighted by Gasteiger charge is 2.17. The van der Waals surface area contributed by atoms with E-state index in [1.807, 2.05) is 55.6 Å². The Morgan fingerprint density at radius 3 is 2.37 bits per heavy atom. The van der Waals surface area contributed by atoms with Crippen molar-refractivity contribution in [3.05, 3.63) is 107 Å². The Labute approximate surface area is 174 Å². The van der Waals surface area contributed by atoms with E-state index in [1.54, 1.807) is 24.3 Å². The van der Waals surface area contributed by atoms with Crippen LogP contribution in [0.25, 0.3) is 10.9 Å². The number of aromatic carboxylic acids is 1. The highest BCUT2D eigenvalue weighted by Crippen LogP contribution is 2.23. The van der Waals surface area contributed by atoms with Gasteiger partial charge in [-0.1, -0.05) is 54.6 Å². The number of carboxylic acids is 1. The van der Waals surface area contributed by atoms with Crippen molar-refractivity contribution in [3.63, 3.8) is 0 Å². The van der Waals surface area contributed by atoms with E-state index in [9.17, 15) is 9.59 Å². The maximum absolute atomic E-state index is 13.1. The van der Waals surface area contributed by atoms with Crippen LogP contribution in [0.2, 0.25) is 0 Å². The average Bonchev–Trinajstić information content (AvgIpc) is 3.17. The first-order valence-electron chi connectivity index (χ1n) is 9.79. The molecule has 0 bridgehead atoms. The van der Waals surface area contributed by atoms with Crippen LogP contribution in [0.4, 0.5) is 0 Å². The fraction of sp³-hybridized carbons (Fsp3) is 0.120. The molecule has 0 aliphatic heterocycles. The highest BCUT2D eigenvalue weighted by molar-refractivity contribution is 6.06. The van der Waals surface area contributed by atoms with Gasteiger partial charge in [0, 0.05) is 18.1 Å². The van der Waals surface area contributed by atoms with Crippen molar-refractivity contribution in [1.29, 1.82) is 0 Å². The molecule has 2 N–H and O–H groups in total. The largest absolute Gasteiger partial charge is 0.478 e. The van der Waals surface area contributed by atoms with E-state index in [-0.39, 0.29) is 17.5 Å². The first-order valence-corrected chi connectivity index (χ1v) is 9.79. The van der Waals surface area contributed by atoms with E-state index >= 15 is 0 Å². The maximum atomic E-state index is 13.1. The molecule has 3 aromatic carbocycles. The summed E-state index contributed by atoms with van der Waals surface area (Å²) >= 11 is 0. The Hall–Kier alpha value is -3.86. The number of rotatable bonds is 6. The summed E-state index contributed by atoms with van der Waals surface area (Å²) in [5.41, 5.74) is 3.74. The van der Waals surface area contributed by atoms with Gasteiger partial charge < -0.3 is 15.0 Å². The van der Waals surface area contributed by atoms with Crippen LogP contribution in [0.5, 0.6) is 0 Å². The summed E-state index contributed by atoms with van der Waals surface area (Å²) < 4.78 is 2.09. The van der Waals surface area contributed by atoms with Crippen LogP contribution in [0.3, 0.4) is 0 Å². The van der Waals surface area contributed by atoms with E-state index in [0.29, 0.717) is 12.1 Å². The van der Waals surface area contributed by atoms with Gasteiger partial charge in [-0.05, 0) is 42.3 Å². The molecule has 0 saturated carbocycles. The molecule has 5 heteroatoms. The normalized spacial score (nSPS) is 11.9. The van der Waals surface area contributed by atoms with E-state index in [2.05, 4.69) is 22.0 Å². The number of carbonyl (C=O) groups is 2. The molecule has 0 radical (unpaired) electrons. The number of amides is 1. The molecule has 4 rings (SSSR count). The van der Waals surface area contributed by atoms with Crippen molar-refractivity contribution in [3.8, 4) is 0 Å². The van der Waals surface area contributed by atoms with Gasteiger partial charge in [-0.3, -0.25) is 4.79 Å². The number of benzene rings is 3. The molecular weight excluding hydrogens is 376 g/mol. The Morgan fingerprint density at radius 2 is 1.67 bits per heavy atom. The first kappa shape index (κ1) is 19.5. The maximum Gasteiger partial charge on any atom is 0.335 e. The van der Waals surface area contributed by atoms with Crippen LogP contribution in [0, 0.1) is 0 Å². The zero-order valence-corrected chi connectivity index (χ0v) is 16.6. The van der Waals surface area contributed by atoms with Gasteiger partial charge in [-0.15, -0.1) is 0 Å². The number of carboxylic acid groups (broad SMARTS) is 1. The number of aromatic nitrogens is 1. The van der Waals surface area contributed by atoms with E-state index in [0.717, 1.165) is 22.0 Å². The SMILES string of the molecule is C[C@H](NC(=O)c1cccc2ccn(Cc3ccccc3)c12)c1ccc(C(=O)O)cc1. The molecule has 1 atom stereocenters. The van der Waals surface area contributed by atoms with Gasteiger partial charge in [0.2, 0.25) is 0 Å². The van der Waals surface area contributed by atoms with E-state index in [4.69, 9.17) is 5.11 Å². The van der Waals surface area contributed by atoms with Gasteiger partial charge in [0.25, 0.3) is 5.91 Å². The molecule has 0 aliphatic carbocycles. The average molecular weight is 398 g/mol. The summed E-state index contributed by atoms with van der Waals surface area (Å²) in [5, 5.41) is 13.1. The fourth-order valence-electron chi connectivity index (χ4n) is 3.63. The molecule has 0 spiro atoms. The number of nitrogens with one attached hydrogen (secondary N) is 1. The molecule has 0 unspecified atom stereocenters. The minimum absolute atomic E-state index is 0.163. The van der Waals surface area contributed by atoms with Crippen molar-refractivity contribution >= 4 is 22.8 Å². The lowest BCUT2D eigenvalue weighted by atomic mass is 10.0. The minimum atomic E-state index is -0.968. The van der Waals surface area contributed by atoms with Crippen molar-refractivity contribution in [2.45, 2.75) is 19.5 Å². The summed E-state index contributed by atoms with van der Waals surface area (Å²) in [4.78, 5) is 24.1. The fourth-order valence-corrected chi connectivity index (χ4v) is 3.63. The van der Waals surface area contributed by atoms with Crippen molar-refractivity contribution in [1.82, 2.24) is 9.88 Å². The molecule has 4 aromatic rings. The third-order valence-corrected chi connectivity index (χ3v) is 5.23. The lowest BCUT2D eigenvalue weighted by Gasteiger charge is -2.16. The van der Waals surface area contributed by atoms with E-state index < -0.39 is 5.97 Å². The summed E-state index contributed by atoms with van der Waals surface area (Å²) in [6.45, 7) is 2.57. The van der Waals surface area contributed by atoms with Gasteiger partial charge in [0.1, 0.15) is 0 Å². The smallest absolute Gasteiger partial charge is 0.335 e. The lowest BCUT2D eigenvalue weighted by molar-refractivity contribution is 0.0696. The topological polar surface area (TPSA) is 71.3 Å². The van der Waals surface area contributed by atoms with Gasteiger partial charge in [-0.2, -0.15) is 0 Å². The number of para-hydroxylation sites is 1. The standard InChI is InChI=1S/C25H22N2O3/c1-17(19-10-12-21(13-11-19)25(29)30)26-24(28)22-9-5-8-20-14-15-27(23(20)22)16-18-6-3-2-4-7-18/h2-15,17H,16H2,1H3,(H,26,28)(H,29,30)/t17-/m0/s1. The Balaban J connectivity index is 1.59. The second-order valence-corrected chi connectivity index (χ2v) is 7.29. The summed E-state index contributed by atoms with van der Waals surface area (Å²) in [5.74, 6) is -1.13. The van der Waals surface area contributed by atoms with Crippen LogP contribution in [-0.4, -0.2) is 21.6 Å². The van der Waals surface area contributed by atoms with Crippen LogP contribution in [0.15, 0.2) is 85.1 Å². The summed E-state index contributed by atoms with van der Waals surface area (Å²) in [7, 11) is 0. The number of nitrogens with zero attached hydrogens (tertiary/aromatic N) is 1. The zero-order valence-electron chi connectivity index (χ0n) is 16.6. The third kappa shape index (κ3) is 3.96. The highest BCUT2D eigenvalue weighted by atomic mass is 16.4. The predicted octanol–water partition coefficient (Wildman–Crippen LogP) is 4.88. The molecule has 1 aromatic heterocycles. The third-order valence-electron chi connectivity index (χ3n) is 5.23. The molecule has 0 fully saturated rings. The Morgan fingerprint density at radius 1 is 0.933 bits per heavy atom. The van der Waals surface area contributed by atoms with Crippen molar-refractivity contribution < 1.29 is 14.7 Å². The molecule has 30 heavy (non-hydrogen) atoms. The minimum Gasteiger partial charge on any atom is -0.478 e. The van der Waals surface area contributed by atoms with Crippen LogP contribution < -0.4 is 5.32 Å². The van der Waals surface area contributed by atoms with Gasteiger partial charge in [0.15, 0.2) is 0 Å². The number of carbonyl (C=O) groups excluding carboxylic acids is 1. The quantitative estimate of drug-likeness (QED) is 0.486. The van der Waals surface area contributed by atoms with E-state index in [1.165, 1.54) is 0 Å². The number of hydrogen-bond donors (Lipinski definition) is 2. The van der Waals surface area contributed by atoms with Gasteiger partial charge in [0.05, 0.1) is 22.7 Å². The number of fused-ring (bicyclic) bond motifs is 1. The second kappa shape index (κ2) is 8.25. The molecule has 1 heterocycles. The summed E-state index contributed by atoms with van der Waals surface area (Å²) in [6.07, 6.45) is 2.00. The van der Waals surface area contributed by atoms with Crippen molar-refractivity contribution in [2.24, 2.45) is 0 Å². The van der Waals surface area contributed by atoms with Gasteiger partial charge in [-0.25, -0.2) is 4.79 Å². The van der Waals surface area contributed by atoms with Crippen molar-refractivity contribution in [2.75, 3.05) is 0 Å². The number of hydrogen-bond acceptors (Lipinski definition) is 2. The monoisotopic (exact) mass is 398 g/mol.